The van der Waals surface area contributed by atoms with E-state index in [9.17, 15) is 9.90 Å². The van der Waals surface area contributed by atoms with Crippen molar-refractivity contribution in [2.45, 2.75) is 17.3 Å². The molecule has 0 aliphatic heterocycles. The van der Waals surface area contributed by atoms with Crippen molar-refractivity contribution in [3.8, 4) is 22.8 Å². The highest BCUT2D eigenvalue weighted by molar-refractivity contribution is 8.00. The lowest BCUT2D eigenvalue weighted by Crippen LogP contribution is -2.12. The zero-order valence-electron chi connectivity index (χ0n) is 13.8. The molecule has 0 fully saturated rings. The summed E-state index contributed by atoms with van der Waals surface area (Å²) >= 11 is 1.16. The predicted octanol–water partition coefficient (Wildman–Crippen LogP) is 3.51. The average Bonchev–Trinajstić information content (AvgIpc) is 3.06. The molecule has 128 valence electrons. The van der Waals surface area contributed by atoms with Crippen molar-refractivity contribution in [1.82, 2.24) is 14.8 Å². The van der Waals surface area contributed by atoms with Crippen LogP contribution in [0, 0.1) is 0 Å². The third-order valence-electron chi connectivity index (χ3n) is 3.63. The minimum absolute atomic E-state index is 0.527. The molecule has 1 N–H and O–H groups in total. The Labute approximate surface area is 149 Å². The third kappa shape index (κ3) is 3.66. The lowest BCUT2D eigenvalue weighted by Gasteiger charge is -2.12. The van der Waals surface area contributed by atoms with Crippen LogP contribution in [0.25, 0.3) is 17.1 Å². The number of benzene rings is 2. The maximum atomic E-state index is 11.2. The van der Waals surface area contributed by atoms with Crippen molar-refractivity contribution in [1.29, 1.82) is 0 Å². The average molecular weight is 355 g/mol. The lowest BCUT2D eigenvalue weighted by molar-refractivity contribution is -0.136. The lowest BCUT2D eigenvalue weighted by atomic mass is 10.2. The molecule has 0 aliphatic carbocycles. The van der Waals surface area contributed by atoms with E-state index in [0.717, 1.165) is 28.8 Å². The highest BCUT2D eigenvalue weighted by Crippen LogP contribution is 2.30. The topological polar surface area (TPSA) is 77.2 Å². The minimum atomic E-state index is -0.893. The van der Waals surface area contributed by atoms with Gasteiger partial charge in [0.1, 0.15) is 11.0 Å². The van der Waals surface area contributed by atoms with Crippen LogP contribution in [0.1, 0.15) is 6.92 Å². The van der Waals surface area contributed by atoms with E-state index < -0.39 is 11.2 Å². The van der Waals surface area contributed by atoms with Gasteiger partial charge in [0, 0.05) is 11.3 Å². The van der Waals surface area contributed by atoms with Crippen molar-refractivity contribution >= 4 is 17.7 Å². The molecule has 0 saturated heterocycles. The standard InChI is InChI=1S/C18H17N3O3S/c1-12(17(22)23)25-18-20-19-16(13-6-4-3-5-7-13)21(18)14-8-10-15(24-2)11-9-14/h3-12H,1-2H3,(H,22,23). The van der Waals surface area contributed by atoms with Gasteiger partial charge in [-0.25, -0.2) is 0 Å². The van der Waals surface area contributed by atoms with Gasteiger partial charge >= 0.3 is 5.97 Å². The number of hydrogen-bond donors (Lipinski definition) is 1. The van der Waals surface area contributed by atoms with Gasteiger partial charge < -0.3 is 9.84 Å². The van der Waals surface area contributed by atoms with Gasteiger partial charge in [0.15, 0.2) is 11.0 Å². The summed E-state index contributed by atoms with van der Waals surface area (Å²) in [5.41, 5.74) is 1.74. The fourth-order valence-corrected chi connectivity index (χ4v) is 3.10. The second kappa shape index (κ2) is 7.40. The molecule has 0 spiro atoms. The summed E-state index contributed by atoms with van der Waals surface area (Å²) < 4.78 is 7.06. The molecule has 0 aliphatic rings. The van der Waals surface area contributed by atoms with E-state index in [1.807, 2.05) is 59.2 Å². The second-order valence-electron chi connectivity index (χ2n) is 5.30. The smallest absolute Gasteiger partial charge is 0.316 e. The van der Waals surface area contributed by atoms with Crippen LogP contribution in [0.3, 0.4) is 0 Å². The van der Waals surface area contributed by atoms with Crippen molar-refractivity contribution < 1.29 is 14.6 Å². The number of thioether (sulfide) groups is 1. The van der Waals surface area contributed by atoms with Crippen molar-refractivity contribution in [2.75, 3.05) is 7.11 Å². The van der Waals surface area contributed by atoms with Crippen molar-refractivity contribution in [3.05, 3.63) is 54.6 Å². The Morgan fingerprint density at radius 3 is 2.40 bits per heavy atom. The molecule has 1 aromatic heterocycles. The van der Waals surface area contributed by atoms with Gasteiger partial charge in [-0.3, -0.25) is 9.36 Å². The number of rotatable bonds is 6. The number of hydrogen-bond acceptors (Lipinski definition) is 5. The van der Waals surface area contributed by atoms with E-state index in [1.165, 1.54) is 0 Å². The van der Waals surface area contributed by atoms with Crippen LogP contribution in [0.5, 0.6) is 5.75 Å². The molecule has 25 heavy (non-hydrogen) atoms. The molecule has 0 bridgehead atoms. The normalized spacial score (nSPS) is 11.9. The highest BCUT2D eigenvalue weighted by atomic mass is 32.2. The SMILES string of the molecule is COc1ccc(-n2c(SC(C)C(=O)O)nnc2-c2ccccc2)cc1. The van der Waals surface area contributed by atoms with Crippen molar-refractivity contribution in [3.63, 3.8) is 0 Å². The van der Waals surface area contributed by atoms with E-state index >= 15 is 0 Å². The van der Waals surface area contributed by atoms with Crippen molar-refractivity contribution in [2.24, 2.45) is 0 Å². The summed E-state index contributed by atoms with van der Waals surface area (Å²) in [6.07, 6.45) is 0. The first-order valence-electron chi connectivity index (χ1n) is 7.65. The Morgan fingerprint density at radius 1 is 1.12 bits per heavy atom. The molecule has 7 heteroatoms. The maximum absolute atomic E-state index is 11.2. The first-order valence-corrected chi connectivity index (χ1v) is 8.53. The minimum Gasteiger partial charge on any atom is -0.497 e. The molecule has 3 aromatic rings. The molecule has 0 amide bonds. The molecule has 1 atom stereocenters. The molecular weight excluding hydrogens is 338 g/mol. The fourth-order valence-electron chi connectivity index (χ4n) is 2.29. The third-order valence-corrected chi connectivity index (χ3v) is 4.66. The zero-order chi connectivity index (χ0) is 17.8. The molecular formula is C18H17N3O3S. The van der Waals surface area contributed by atoms with Crippen LogP contribution < -0.4 is 4.74 Å². The second-order valence-corrected chi connectivity index (χ2v) is 6.61. The van der Waals surface area contributed by atoms with Gasteiger partial charge in [0.2, 0.25) is 0 Å². The number of carbonyl (C=O) groups is 1. The van der Waals surface area contributed by atoms with Crippen LogP contribution in [0.15, 0.2) is 59.8 Å². The summed E-state index contributed by atoms with van der Waals surface area (Å²) in [6.45, 7) is 1.63. The molecule has 0 radical (unpaired) electrons. The molecule has 1 heterocycles. The zero-order valence-corrected chi connectivity index (χ0v) is 14.6. The van der Waals surface area contributed by atoms with Gasteiger partial charge in [0.05, 0.1) is 7.11 Å². The Kier molecular flexibility index (Phi) is 5.04. The van der Waals surface area contributed by atoms with Crippen LogP contribution >= 0.6 is 11.8 Å². The number of carboxylic acids is 1. The molecule has 1 unspecified atom stereocenters. The van der Waals surface area contributed by atoms with Crippen LogP contribution in [-0.4, -0.2) is 38.2 Å². The Hall–Kier alpha value is -2.80. The Bertz CT molecular complexity index is 863. The first-order chi connectivity index (χ1) is 12.1. The van der Waals surface area contributed by atoms with E-state index in [0.29, 0.717) is 11.0 Å². The van der Waals surface area contributed by atoms with Crippen LogP contribution in [0.4, 0.5) is 0 Å². The van der Waals surface area contributed by atoms with E-state index in [4.69, 9.17) is 4.74 Å². The van der Waals surface area contributed by atoms with Gasteiger partial charge in [0.25, 0.3) is 0 Å². The molecule has 6 nitrogen and oxygen atoms in total. The largest absolute Gasteiger partial charge is 0.497 e. The number of ether oxygens (including phenoxy) is 1. The first kappa shape index (κ1) is 17.0. The van der Waals surface area contributed by atoms with Gasteiger partial charge in [-0.1, -0.05) is 42.1 Å². The summed E-state index contributed by atoms with van der Waals surface area (Å²) in [4.78, 5) is 11.2. The fraction of sp³-hybridized carbons (Fsp3) is 0.167. The Morgan fingerprint density at radius 2 is 1.80 bits per heavy atom. The number of aromatic nitrogens is 3. The predicted molar refractivity (Wildman–Crippen MR) is 96.3 cm³/mol. The van der Waals surface area contributed by atoms with Crippen LogP contribution in [0.2, 0.25) is 0 Å². The monoisotopic (exact) mass is 355 g/mol. The van der Waals surface area contributed by atoms with Gasteiger partial charge in [-0.05, 0) is 31.2 Å². The molecule has 0 saturated carbocycles. The number of carboxylic acid groups (broad SMARTS) is 1. The summed E-state index contributed by atoms with van der Waals surface area (Å²) in [6, 6.07) is 17.1. The van der Waals surface area contributed by atoms with E-state index in [2.05, 4.69) is 10.2 Å². The van der Waals surface area contributed by atoms with Crippen LogP contribution in [-0.2, 0) is 4.79 Å². The van der Waals surface area contributed by atoms with Gasteiger partial charge in [-0.2, -0.15) is 0 Å². The number of methoxy groups -OCH3 is 1. The number of nitrogens with zero attached hydrogens (tertiary/aromatic N) is 3. The molecule has 2 aromatic carbocycles. The van der Waals surface area contributed by atoms with E-state index in [-0.39, 0.29) is 0 Å². The maximum Gasteiger partial charge on any atom is 0.316 e. The van der Waals surface area contributed by atoms with E-state index in [1.54, 1.807) is 14.0 Å². The summed E-state index contributed by atoms with van der Waals surface area (Å²) in [5.74, 6) is 0.507. The Balaban J connectivity index is 2.10. The highest BCUT2D eigenvalue weighted by Gasteiger charge is 2.21. The number of aliphatic carboxylic acids is 1. The molecule has 3 rings (SSSR count). The quantitative estimate of drug-likeness (QED) is 0.682. The van der Waals surface area contributed by atoms with Gasteiger partial charge in [-0.15, -0.1) is 10.2 Å². The summed E-state index contributed by atoms with van der Waals surface area (Å²) in [7, 11) is 1.61. The summed E-state index contributed by atoms with van der Waals surface area (Å²) in [5, 5.41) is 17.6.